The van der Waals surface area contributed by atoms with Crippen molar-refractivity contribution in [2.45, 2.75) is 51.4 Å². The van der Waals surface area contributed by atoms with Crippen LogP contribution in [0.15, 0.2) is 12.1 Å². The number of nitrogens with two attached hydrogens (primary N) is 2. The fraction of sp³-hybridized carbons (Fsp3) is 0.500. The van der Waals surface area contributed by atoms with E-state index in [9.17, 15) is 9.59 Å². The second-order valence-electron chi connectivity index (χ2n) is 6.71. The molecule has 1 heterocycles. The van der Waals surface area contributed by atoms with Gasteiger partial charge in [0.25, 0.3) is 0 Å². The minimum Gasteiger partial charge on any atom is -0.366 e. The molecule has 0 saturated heterocycles. The molecule has 1 fully saturated rings. The molecule has 0 unspecified atom stereocenters. The first-order valence-electron chi connectivity index (χ1n) is 8.82. The molecule has 25 heavy (non-hydrogen) atoms. The third kappa shape index (κ3) is 3.11. The summed E-state index contributed by atoms with van der Waals surface area (Å²) in [4.78, 5) is 23.9. The maximum Gasteiger partial charge on any atom is 0.248 e. The van der Waals surface area contributed by atoms with Crippen LogP contribution in [0.25, 0.3) is 10.9 Å². The van der Waals surface area contributed by atoms with E-state index >= 15 is 0 Å². The van der Waals surface area contributed by atoms with Gasteiger partial charge in [0.1, 0.15) is 0 Å². The Morgan fingerprint density at radius 2 is 1.96 bits per heavy atom. The fourth-order valence-corrected chi connectivity index (χ4v) is 3.69. The molecule has 3 rings (SSSR count). The van der Waals surface area contributed by atoms with E-state index < -0.39 is 5.91 Å². The number of primary amides is 1. The average molecular weight is 343 g/mol. The number of rotatable bonds is 4. The van der Waals surface area contributed by atoms with E-state index in [1.165, 1.54) is 19.3 Å². The van der Waals surface area contributed by atoms with E-state index in [1.54, 1.807) is 23.7 Å². The molecular formula is C18H25N5O2. The molecule has 0 bridgehead atoms. The zero-order chi connectivity index (χ0) is 18.1. The molecule has 0 aliphatic heterocycles. The number of hydrogen-bond acceptors (Lipinski definition) is 4. The van der Waals surface area contributed by atoms with E-state index in [0.717, 1.165) is 34.4 Å². The lowest BCUT2D eigenvalue weighted by molar-refractivity contribution is -0.118. The summed E-state index contributed by atoms with van der Waals surface area (Å²) >= 11 is 0. The highest BCUT2D eigenvalue weighted by Crippen LogP contribution is 2.39. The Balaban J connectivity index is 2.25. The van der Waals surface area contributed by atoms with Crippen LogP contribution < -0.4 is 16.6 Å². The Morgan fingerprint density at radius 1 is 1.28 bits per heavy atom. The Morgan fingerprint density at radius 3 is 2.56 bits per heavy atom. The quantitative estimate of drug-likeness (QED) is 0.504. The molecule has 2 amide bonds. The molecule has 0 radical (unpaired) electrons. The molecule has 7 nitrogen and oxygen atoms in total. The molecule has 1 saturated carbocycles. The van der Waals surface area contributed by atoms with Crippen molar-refractivity contribution >= 4 is 28.4 Å². The van der Waals surface area contributed by atoms with Crippen molar-refractivity contribution in [2.24, 2.45) is 18.6 Å². The van der Waals surface area contributed by atoms with Crippen LogP contribution in [0.4, 0.5) is 5.69 Å². The van der Waals surface area contributed by atoms with Crippen molar-refractivity contribution in [3.05, 3.63) is 23.4 Å². The molecule has 0 spiro atoms. The smallest absolute Gasteiger partial charge is 0.248 e. The Labute approximate surface area is 146 Å². The average Bonchev–Trinajstić information content (AvgIpc) is 2.97. The molecular weight excluding hydrogens is 318 g/mol. The van der Waals surface area contributed by atoms with Gasteiger partial charge in [0, 0.05) is 30.3 Å². The highest BCUT2D eigenvalue weighted by atomic mass is 16.2. The number of carbonyl (C=O) groups excluding carboxylic acids is 2. The molecule has 1 aliphatic carbocycles. The predicted molar refractivity (Wildman–Crippen MR) is 97.0 cm³/mol. The Hall–Kier alpha value is -2.41. The lowest BCUT2D eigenvalue weighted by atomic mass is 9.85. The number of benzene rings is 1. The normalized spacial score (nSPS) is 15.5. The first-order chi connectivity index (χ1) is 11.9. The summed E-state index contributed by atoms with van der Waals surface area (Å²) in [5, 5.41) is 6.69. The molecule has 1 aromatic heterocycles. The maximum absolute atomic E-state index is 12.2. The van der Waals surface area contributed by atoms with Crippen molar-refractivity contribution in [3.8, 4) is 0 Å². The van der Waals surface area contributed by atoms with Crippen LogP contribution in [0, 0.1) is 0 Å². The number of nitrogens with zero attached hydrogens (tertiary/aromatic N) is 3. The lowest BCUT2D eigenvalue weighted by Gasteiger charge is -2.22. The van der Waals surface area contributed by atoms with E-state index in [1.807, 2.05) is 7.05 Å². The summed E-state index contributed by atoms with van der Waals surface area (Å²) in [6.45, 7) is 1.75. The van der Waals surface area contributed by atoms with Crippen LogP contribution in [-0.2, 0) is 11.8 Å². The molecule has 1 aliphatic rings. The highest BCUT2D eigenvalue weighted by molar-refractivity contribution is 6.07. The molecule has 4 N–H and O–H groups in total. The van der Waals surface area contributed by atoms with E-state index in [0.29, 0.717) is 17.2 Å². The number of carbonyl (C=O) groups is 2. The van der Waals surface area contributed by atoms with Crippen LogP contribution in [0.3, 0.4) is 0 Å². The minimum absolute atomic E-state index is 0.221. The van der Waals surface area contributed by atoms with Crippen LogP contribution >= 0.6 is 0 Å². The van der Waals surface area contributed by atoms with Crippen molar-refractivity contribution in [1.29, 1.82) is 0 Å². The van der Waals surface area contributed by atoms with Gasteiger partial charge >= 0.3 is 0 Å². The zero-order valence-electron chi connectivity index (χ0n) is 14.8. The minimum atomic E-state index is -0.555. The molecule has 2 aromatic rings. The van der Waals surface area contributed by atoms with Crippen LogP contribution in [-0.4, -0.2) is 21.6 Å². The molecule has 7 heteroatoms. The monoisotopic (exact) mass is 343 g/mol. The van der Waals surface area contributed by atoms with Gasteiger partial charge in [-0.3, -0.25) is 14.3 Å². The highest BCUT2D eigenvalue weighted by Gasteiger charge is 2.26. The van der Waals surface area contributed by atoms with Gasteiger partial charge < -0.3 is 5.73 Å². The summed E-state index contributed by atoms with van der Waals surface area (Å²) in [5.74, 6) is 5.66. The number of amides is 2. The SMILES string of the molecule is CCC(=O)N(N)c1cc(C(N)=O)cc2c1c(C1CCCCC1)nn2C. The summed E-state index contributed by atoms with van der Waals surface area (Å²) in [5.41, 5.74) is 8.03. The van der Waals surface area contributed by atoms with Gasteiger partial charge in [0.15, 0.2) is 0 Å². The van der Waals surface area contributed by atoms with E-state index in [2.05, 4.69) is 0 Å². The zero-order valence-corrected chi connectivity index (χ0v) is 14.8. The largest absolute Gasteiger partial charge is 0.366 e. The first kappa shape index (κ1) is 17.4. The summed E-state index contributed by atoms with van der Waals surface area (Å²) < 4.78 is 1.75. The second kappa shape index (κ2) is 6.84. The first-order valence-corrected chi connectivity index (χ1v) is 8.82. The van der Waals surface area contributed by atoms with Crippen LogP contribution in [0.2, 0.25) is 0 Å². The van der Waals surface area contributed by atoms with Crippen LogP contribution in [0.1, 0.15) is 67.4 Å². The lowest BCUT2D eigenvalue weighted by Crippen LogP contribution is -2.37. The van der Waals surface area contributed by atoms with Crippen molar-refractivity contribution in [2.75, 3.05) is 5.01 Å². The fourth-order valence-electron chi connectivity index (χ4n) is 3.69. The third-order valence-electron chi connectivity index (χ3n) is 5.07. The van der Waals surface area contributed by atoms with E-state index in [-0.39, 0.29) is 12.3 Å². The number of anilines is 1. The van der Waals surface area contributed by atoms with Crippen molar-refractivity contribution in [1.82, 2.24) is 9.78 Å². The number of aromatic nitrogens is 2. The Kier molecular flexibility index (Phi) is 4.76. The number of fused-ring (bicyclic) bond motifs is 1. The maximum atomic E-state index is 12.2. The van der Waals surface area contributed by atoms with Crippen molar-refractivity contribution in [3.63, 3.8) is 0 Å². The number of hydrogen-bond donors (Lipinski definition) is 2. The predicted octanol–water partition coefficient (Wildman–Crippen LogP) is 2.34. The standard InChI is InChI=1S/C18H25N5O2/c1-3-15(24)23(20)14-10-12(18(19)25)9-13-16(14)17(21-22(13)2)11-7-5-4-6-8-11/h9-11H,3-8,20H2,1-2H3,(H2,19,25). The molecule has 0 atom stereocenters. The summed E-state index contributed by atoms with van der Waals surface area (Å²) in [6.07, 6.45) is 6.04. The number of hydrazine groups is 1. The van der Waals surface area contributed by atoms with Gasteiger partial charge in [0.05, 0.1) is 16.9 Å². The van der Waals surface area contributed by atoms with Gasteiger partial charge in [-0.2, -0.15) is 5.10 Å². The summed E-state index contributed by atoms with van der Waals surface area (Å²) in [6, 6.07) is 3.33. The summed E-state index contributed by atoms with van der Waals surface area (Å²) in [7, 11) is 1.84. The third-order valence-corrected chi connectivity index (χ3v) is 5.07. The van der Waals surface area contributed by atoms with Gasteiger partial charge in [-0.05, 0) is 25.0 Å². The van der Waals surface area contributed by atoms with Gasteiger partial charge in [-0.25, -0.2) is 10.9 Å². The topological polar surface area (TPSA) is 107 Å². The van der Waals surface area contributed by atoms with Crippen molar-refractivity contribution < 1.29 is 9.59 Å². The van der Waals surface area contributed by atoms with E-state index in [4.69, 9.17) is 16.7 Å². The Bertz CT molecular complexity index is 820. The van der Waals surface area contributed by atoms with Gasteiger partial charge in [-0.15, -0.1) is 0 Å². The van der Waals surface area contributed by atoms with Crippen LogP contribution in [0.5, 0.6) is 0 Å². The molecule has 134 valence electrons. The second-order valence-corrected chi connectivity index (χ2v) is 6.71. The number of aryl methyl sites for hydroxylation is 1. The van der Waals surface area contributed by atoms with Gasteiger partial charge in [0.2, 0.25) is 11.8 Å². The molecule has 1 aromatic carbocycles. The van der Waals surface area contributed by atoms with Gasteiger partial charge in [-0.1, -0.05) is 26.2 Å².